The van der Waals surface area contributed by atoms with Crippen LogP contribution < -0.4 is 16.0 Å². The molecule has 0 saturated heterocycles. The summed E-state index contributed by atoms with van der Waals surface area (Å²) in [5, 5.41) is -0.103. The van der Waals surface area contributed by atoms with Gasteiger partial charge in [0.25, 0.3) is 5.56 Å². The van der Waals surface area contributed by atoms with Gasteiger partial charge in [0, 0.05) is 24.2 Å². The number of hydrogen-bond acceptors (Lipinski definition) is 6. The normalized spacial score (nSPS) is 12.0. The van der Waals surface area contributed by atoms with Crippen molar-refractivity contribution in [1.29, 1.82) is 0 Å². The lowest BCUT2D eigenvalue weighted by Gasteiger charge is -2.23. The topological polar surface area (TPSA) is 83.2 Å². The third-order valence-electron chi connectivity index (χ3n) is 5.01. The third kappa shape index (κ3) is 5.43. The smallest absolute Gasteiger partial charge is 0.431 e. The Balaban J connectivity index is 2.13. The van der Waals surface area contributed by atoms with E-state index in [0.29, 0.717) is 4.90 Å². The van der Waals surface area contributed by atoms with Gasteiger partial charge < -0.3 is 4.74 Å². The van der Waals surface area contributed by atoms with E-state index >= 15 is 0 Å². The van der Waals surface area contributed by atoms with Crippen molar-refractivity contribution in [2.24, 2.45) is 7.05 Å². The average Bonchev–Trinajstić information content (AvgIpc) is 2.74. The number of halogens is 5. The number of carbonyl (C=O) groups excluding carboxylic acids is 1. The minimum atomic E-state index is -4.96. The molecule has 0 N–H and O–H groups in total. The van der Waals surface area contributed by atoms with Crippen molar-refractivity contribution >= 4 is 29.1 Å². The zero-order chi connectivity index (χ0) is 26.3. The van der Waals surface area contributed by atoms with E-state index in [4.69, 9.17) is 16.3 Å². The Hall–Kier alpha value is -3.12. The van der Waals surface area contributed by atoms with Gasteiger partial charge in [0.15, 0.2) is 11.4 Å². The molecule has 0 aliphatic carbocycles. The Morgan fingerprint density at radius 2 is 1.80 bits per heavy atom. The highest BCUT2D eigenvalue weighted by Crippen LogP contribution is 2.40. The predicted octanol–water partition coefficient (Wildman–Crippen LogP) is 4.64. The first-order chi connectivity index (χ1) is 16.1. The molecule has 3 rings (SSSR count). The van der Waals surface area contributed by atoms with Gasteiger partial charge in [-0.05, 0) is 45.0 Å². The van der Waals surface area contributed by atoms with Gasteiger partial charge in [-0.15, -0.1) is 0 Å². The van der Waals surface area contributed by atoms with E-state index in [0.717, 1.165) is 30.9 Å². The summed E-state index contributed by atoms with van der Waals surface area (Å²) in [6, 6.07) is 5.26. The van der Waals surface area contributed by atoms with Crippen LogP contribution in [0.1, 0.15) is 26.5 Å². The molecule has 1 aromatic carbocycles. The van der Waals surface area contributed by atoms with Crippen LogP contribution in [0.5, 0.6) is 5.88 Å². The van der Waals surface area contributed by atoms with Gasteiger partial charge in [0.1, 0.15) is 11.5 Å². The van der Waals surface area contributed by atoms with E-state index < -0.39 is 40.2 Å². The Kier molecular flexibility index (Phi) is 7.19. The number of ketones is 1. The highest BCUT2D eigenvalue weighted by atomic mass is 35.5. The second-order valence-electron chi connectivity index (χ2n) is 7.85. The van der Waals surface area contributed by atoms with Crippen LogP contribution in [-0.2, 0) is 18.0 Å². The maximum absolute atomic E-state index is 14.8. The van der Waals surface area contributed by atoms with Crippen LogP contribution in [0.3, 0.4) is 0 Å². The minimum Gasteiger partial charge on any atom is -0.463 e. The molecule has 13 heteroatoms. The lowest BCUT2D eigenvalue weighted by Crippen LogP contribution is -2.41. The highest BCUT2D eigenvalue weighted by molar-refractivity contribution is 7.99. The van der Waals surface area contributed by atoms with Gasteiger partial charge in [0.05, 0.1) is 15.6 Å². The summed E-state index contributed by atoms with van der Waals surface area (Å²) in [6.07, 6.45) is -3.53. The van der Waals surface area contributed by atoms with Gasteiger partial charge in [-0.25, -0.2) is 18.7 Å². The molecule has 0 atom stereocenters. The number of pyridine rings is 1. The van der Waals surface area contributed by atoms with Crippen LogP contribution in [0.15, 0.2) is 55.9 Å². The van der Waals surface area contributed by atoms with Crippen LogP contribution >= 0.6 is 23.4 Å². The first-order valence-electron chi connectivity index (χ1n) is 9.86. The van der Waals surface area contributed by atoms with Crippen LogP contribution in [0, 0.1) is 5.82 Å². The fraction of sp³-hybridized carbons (Fsp3) is 0.273. The monoisotopic (exact) mass is 531 g/mol. The fourth-order valence-electron chi connectivity index (χ4n) is 2.85. The van der Waals surface area contributed by atoms with Crippen molar-refractivity contribution in [3.8, 4) is 11.6 Å². The second kappa shape index (κ2) is 9.50. The number of carbonyl (C=O) groups is 1. The number of aromatic nitrogens is 3. The molecule has 3 aromatic rings. The molecular formula is C22H18ClF4N3O4S. The Morgan fingerprint density at radius 1 is 1.14 bits per heavy atom. The van der Waals surface area contributed by atoms with Gasteiger partial charge in [-0.1, -0.05) is 23.4 Å². The second-order valence-corrected chi connectivity index (χ2v) is 9.34. The molecule has 0 amide bonds. The molecular weight excluding hydrogens is 514 g/mol. The number of nitrogens with zero attached hydrogens (tertiary/aromatic N) is 3. The molecule has 7 nitrogen and oxygen atoms in total. The van der Waals surface area contributed by atoms with E-state index in [2.05, 4.69) is 4.98 Å². The Bertz CT molecular complexity index is 1430. The molecule has 186 valence electrons. The van der Waals surface area contributed by atoms with E-state index in [1.54, 1.807) is 26.0 Å². The summed E-state index contributed by atoms with van der Waals surface area (Å²) in [5.74, 6) is -1.29. The average molecular weight is 532 g/mol. The first-order valence-corrected chi connectivity index (χ1v) is 11.1. The summed E-state index contributed by atoms with van der Waals surface area (Å²) in [6.45, 7) is 4.45. The molecule has 0 bridgehead atoms. The molecule has 0 saturated carbocycles. The van der Waals surface area contributed by atoms with E-state index in [9.17, 15) is 31.9 Å². The number of hydrogen-bond donors (Lipinski definition) is 0. The summed E-state index contributed by atoms with van der Waals surface area (Å²) in [4.78, 5) is 41.5. The molecule has 35 heavy (non-hydrogen) atoms. The molecule has 0 aliphatic heterocycles. The lowest BCUT2D eigenvalue weighted by molar-refractivity contribution is -0.144. The summed E-state index contributed by atoms with van der Waals surface area (Å²) >= 11 is 7.11. The standard InChI is InChI=1S/C22H18ClF4N3O4S/c1-11(31)21(2,3)34-19-15(6-5-7-28-19)35-16-9-14(13(24)8-12(16)23)30-18(32)10-17(22(25,26)27)29(4)20(30)33/h5-10H,1-4H3. The number of ether oxygens (including phenoxy) is 1. The van der Waals surface area contributed by atoms with Gasteiger partial charge in [-0.2, -0.15) is 13.2 Å². The zero-order valence-corrected chi connectivity index (χ0v) is 20.3. The highest BCUT2D eigenvalue weighted by Gasteiger charge is 2.35. The number of rotatable bonds is 6. The fourth-order valence-corrected chi connectivity index (χ4v) is 4.01. The largest absolute Gasteiger partial charge is 0.463 e. The van der Waals surface area contributed by atoms with Gasteiger partial charge >= 0.3 is 11.9 Å². The number of benzene rings is 1. The van der Waals surface area contributed by atoms with Crippen molar-refractivity contribution < 1.29 is 27.1 Å². The van der Waals surface area contributed by atoms with Crippen LogP contribution in [0.4, 0.5) is 17.6 Å². The van der Waals surface area contributed by atoms with E-state index in [1.807, 2.05) is 0 Å². The van der Waals surface area contributed by atoms with Crippen LogP contribution in [0.25, 0.3) is 5.69 Å². The maximum Gasteiger partial charge on any atom is 0.431 e. The Labute approximate surface area is 205 Å². The van der Waals surface area contributed by atoms with Gasteiger partial charge in [-0.3, -0.25) is 14.2 Å². The summed E-state index contributed by atoms with van der Waals surface area (Å²) in [7, 11) is 0.820. The number of alkyl halides is 3. The number of Topliss-reactive ketones (excluding diaryl/α,β-unsaturated/α-hetero) is 1. The molecule has 0 aliphatic rings. The third-order valence-corrected chi connectivity index (χ3v) is 6.52. The predicted molar refractivity (Wildman–Crippen MR) is 121 cm³/mol. The van der Waals surface area contributed by atoms with Crippen molar-refractivity contribution in [3.63, 3.8) is 0 Å². The lowest BCUT2D eigenvalue weighted by atomic mass is 10.1. The molecule has 2 aromatic heterocycles. The summed E-state index contributed by atoms with van der Waals surface area (Å²) < 4.78 is 60.4. The molecule has 2 heterocycles. The van der Waals surface area contributed by atoms with E-state index in [1.165, 1.54) is 13.1 Å². The van der Waals surface area contributed by atoms with Crippen molar-refractivity contribution in [3.05, 3.63) is 73.9 Å². The van der Waals surface area contributed by atoms with Crippen molar-refractivity contribution in [2.45, 2.75) is 42.3 Å². The minimum absolute atomic E-state index is 0.0715. The van der Waals surface area contributed by atoms with E-state index in [-0.39, 0.29) is 36.8 Å². The molecule has 0 fully saturated rings. The molecule has 0 spiro atoms. The summed E-state index contributed by atoms with van der Waals surface area (Å²) in [5.41, 5.74) is -6.03. The van der Waals surface area contributed by atoms with Crippen molar-refractivity contribution in [1.82, 2.24) is 14.1 Å². The molecule has 0 unspecified atom stereocenters. The maximum atomic E-state index is 14.8. The molecule has 0 radical (unpaired) electrons. The SMILES string of the molecule is CC(=O)C(C)(C)Oc1ncccc1Sc1cc(-n2c(=O)cc(C(F)(F)F)n(C)c2=O)c(F)cc1Cl. The van der Waals surface area contributed by atoms with Gasteiger partial charge in [0.2, 0.25) is 5.88 Å². The van der Waals surface area contributed by atoms with Crippen LogP contribution in [-0.4, -0.2) is 25.5 Å². The first kappa shape index (κ1) is 26.5. The Morgan fingerprint density at radius 3 is 2.40 bits per heavy atom. The van der Waals surface area contributed by atoms with Crippen LogP contribution in [0.2, 0.25) is 5.02 Å². The zero-order valence-electron chi connectivity index (χ0n) is 18.7. The van der Waals surface area contributed by atoms with Crippen molar-refractivity contribution in [2.75, 3.05) is 0 Å². The quantitative estimate of drug-likeness (QED) is 0.431.